The summed E-state index contributed by atoms with van der Waals surface area (Å²) in [4.78, 5) is 20.6. The lowest BCUT2D eigenvalue weighted by molar-refractivity contribution is -0.118. The van der Waals surface area contributed by atoms with E-state index in [2.05, 4.69) is 34.1 Å². The number of rotatable bonds is 6. The van der Waals surface area contributed by atoms with E-state index in [9.17, 15) is 13.6 Å². The fourth-order valence-corrected chi connectivity index (χ4v) is 6.31. The molecule has 3 aromatic heterocycles. The zero-order chi connectivity index (χ0) is 25.9. The van der Waals surface area contributed by atoms with Gasteiger partial charge in [-0.3, -0.25) is 14.5 Å². The second-order valence-corrected chi connectivity index (χ2v) is 10.3. The molecule has 1 aromatic carbocycles. The number of benzene rings is 1. The average Bonchev–Trinajstić information content (AvgIpc) is 3.50. The van der Waals surface area contributed by atoms with E-state index in [4.69, 9.17) is 10.7 Å². The Morgan fingerprint density at radius 3 is 2.68 bits per heavy atom. The van der Waals surface area contributed by atoms with Crippen LogP contribution in [0.1, 0.15) is 56.0 Å². The molecule has 8 nitrogen and oxygen atoms in total. The van der Waals surface area contributed by atoms with Crippen LogP contribution in [0.25, 0.3) is 22.5 Å². The number of hydrogen-bond donors (Lipinski definition) is 1. The van der Waals surface area contributed by atoms with Gasteiger partial charge in [0.05, 0.1) is 46.1 Å². The topological polar surface area (TPSA) is 112 Å². The van der Waals surface area contributed by atoms with E-state index in [1.165, 1.54) is 18.2 Å². The van der Waals surface area contributed by atoms with Gasteiger partial charge in [-0.05, 0) is 47.9 Å². The number of carbonyl (C=O) groups is 1. The van der Waals surface area contributed by atoms with Crippen LogP contribution in [-0.4, -0.2) is 35.9 Å². The maximum atomic E-state index is 14.5. The molecule has 1 amide bonds. The fourth-order valence-electron chi connectivity index (χ4n) is 6.31. The number of amides is 1. The van der Waals surface area contributed by atoms with E-state index in [0.29, 0.717) is 12.2 Å². The Balaban J connectivity index is 1.43. The maximum absolute atomic E-state index is 14.5. The molecule has 6 rings (SSSR count). The molecule has 1 fully saturated rings. The Morgan fingerprint density at radius 1 is 1.14 bits per heavy atom. The first-order valence-corrected chi connectivity index (χ1v) is 12.2. The Kier molecular flexibility index (Phi) is 5.18. The molecule has 2 bridgehead atoms. The lowest BCUT2D eigenvalue weighted by atomic mass is 9.66. The summed E-state index contributed by atoms with van der Waals surface area (Å²) in [5.74, 6) is -1.59. The van der Waals surface area contributed by atoms with Crippen LogP contribution in [-0.2, 0) is 16.8 Å². The van der Waals surface area contributed by atoms with Gasteiger partial charge in [0.2, 0.25) is 5.91 Å². The molecule has 2 atom stereocenters. The van der Waals surface area contributed by atoms with Gasteiger partial charge in [0.1, 0.15) is 11.6 Å². The van der Waals surface area contributed by atoms with Gasteiger partial charge in [0, 0.05) is 30.9 Å². The Bertz CT molecular complexity index is 1530. The molecule has 37 heavy (non-hydrogen) atoms. The van der Waals surface area contributed by atoms with Gasteiger partial charge in [-0.2, -0.15) is 10.2 Å². The minimum absolute atomic E-state index is 0.133. The number of aryl methyl sites for hydroxylation is 1. The van der Waals surface area contributed by atoms with Crippen molar-refractivity contribution in [2.24, 2.45) is 11.1 Å². The van der Waals surface area contributed by atoms with Crippen molar-refractivity contribution in [3.8, 4) is 22.5 Å². The molecular weight excluding hydrogens is 476 g/mol. The highest BCUT2D eigenvalue weighted by molar-refractivity contribution is 5.73. The number of primary amides is 1. The minimum atomic E-state index is -0.665. The van der Waals surface area contributed by atoms with Crippen molar-refractivity contribution in [2.75, 3.05) is 0 Å². The van der Waals surface area contributed by atoms with Gasteiger partial charge in [-0.15, -0.1) is 5.10 Å². The summed E-state index contributed by atoms with van der Waals surface area (Å²) in [7, 11) is 0. The highest BCUT2D eigenvalue weighted by atomic mass is 19.1. The summed E-state index contributed by atoms with van der Waals surface area (Å²) in [6.07, 6.45) is 8.85. The van der Waals surface area contributed by atoms with Crippen LogP contribution < -0.4 is 5.73 Å². The highest BCUT2D eigenvalue weighted by Gasteiger charge is 2.65. The van der Waals surface area contributed by atoms with E-state index in [1.807, 2.05) is 6.20 Å². The molecule has 0 spiro atoms. The Morgan fingerprint density at radius 2 is 1.92 bits per heavy atom. The smallest absolute Gasteiger partial charge is 0.219 e. The molecule has 188 valence electrons. The quantitative estimate of drug-likeness (QED) is 0.425. The van der Waals surface area contributed by atoms with Crippen LogP contribution >= 0.6 is 0 Å². The first-order valence-electron chi connectivity index (χ1n) is 12.2. The second kappa shape index (κ2) is 8.22. The number of aromatic nitrogens is 6. The summed E-state index contributed by atoms with van der Waals surface area (Å²) in [5, 5.41) is 13.2. The molecule has 0 saturated heterocycles. The highest BCUT2D eigenvalue weighted by Crippen LogP contribution is 2.69. The lowest BCUT2D eigenvalue weighted by Gasteiger charge is -2.37. The van der Waals surface area contributed by atoms with Crippen LogP contribution in [0.3, 0.4) is 0 Å². The lowest BCUT2D eigenvalue weighted by Crippen LogP contribution is -2.38. The minimum Gasteiger partial charge on any atom is -0.370 e. The van der Waals surface area contributed by atoms with Crippen molar-refractivity contribution in [1.29, 1.82) is 0 Å². The SMILES string of the molecule is CC1(C)[C@H]2CC[C@]1(c1cncc(-c3cnn(CCC(N)=O)c3)n1)c1nnc(-c3c(F)cccc3F)cc12. The molecule has 1 saturated carbocycles. The molecule has 2 aliphatic carbocycles. The Hall–Kier alpha value is -4.08. The molecule has 2 aliphatic rings. The molecule has 0 radical (unpaired) electrons. The molecule has 0 aliphatic heterocycles. The van der Waals surface area contributed by atoms with E-state index in [1.54, 1.807) is 29.3 Å². The van der Waals surface area contributed by atoms with Gasteiger partial charge in [-0.1, -0.05) is 19.9 Å². The van der Waals surface area contributed by atoms with Crippen molar-refractivity contribution in [3.05, 3.63) is 77.6 Å². The second-order valence-electron chi connectivity index (χ2n) is 10.3. The molecule has 2 N–H and O–H groups in total. The largest absolute Gasteiger partial charge is 0.370 e. The van der Waals surface area contributed by atoms with Gasteiger partial charge >= 0.3 is 0 Å². The normalized spacial score (nSPS) is 21.2. The van der Waals surface area contributed by atoms with Crippen LogP contribution in [0, 0.1) is 17.0 Å². The molecular formula is C27H25F2N7O. The van der Waals surface area contributed by atoms with E-state index < -0.39 is 23.0 Å². The number of nitrogens with zero attached hydrogens (tertiary/aromatic N) is 6. The van der Waals surface area contributed by atoms with Crippen LogP contribution in [0.15, 0.2) is 49.1 Å². The van der Waals surface area contributed by atoms with Crippen molar-refractivity contribution in [3.63, 3.8) is 0 Å². The predicted molar refractivity (Wildman–Crippen MR) is 131 cm³/mol. The number of nitrogens with two attached hydrogens (primary N) is 1. The third-order valence-electron chi connectivity index (χ3n) is 8.19. The summed E-state index contributed by atoms with van der Waals surface area (Å²) in [5.41, 5.74) is 8.42. The van der Waals surface area contributed by atoms with E-state index >= 15 is 0 Å². The Labute approximate surface area is 212 Å². The summed E-state index contributed by atoms with van der Waals surface area (Å²) in [6, 6.07) is 5.57. The van der Waals surface area contributed by atoms with Crippen LogP contribution in [0.5, 0.6) is 0 Å². The van der Waals surface area contributed by atoms with Crippen molar-refractivity contribution < 1.29 is 13.6 Å². The number of hydrogen-bond acceptors (Lipinski definition) is 6. The number of fused-ring (bicyclic) bond motifs is 5. The molecule has 3 heterocycles. The third-order valence-corrected chi connectivity index (χ3v) is 8.19. The van der Waals surface area contributed by atoms with Gasteiger partial charge in [-0.25, -0.2) is 13.8 Å². The first kappa shape index (κ1) is 23.3. The zero-order valence-electron chi connectivity index (χ0n) is 20.4. The standard InChI is InChI=1S/C27H25F2N7O/c1-26(2)17-6-8-27(26,25-16(17)10-20(34-35-25)24-18(28)4-3-5-19(24)29)22-13-31-12-21(33-22)15-11-32-36(14-15)9-7-23(30)37/h3-5,10-14,17H,6-9H2,1-2H3,(H2,30,37)/t17-,27-/m0/s1. The average molecular weight is 502 g/mol. The summed E-state index contributed by atoms with van der Waals surface area (Å²) in [6.45, 7) is 4.76. The summed E-state index contributed by atoms with van der Waals surface area (Å²) >= 11 is 0. The summed E-state index contributed by atoms with van der Waals surface area (Å²) < 4.78 is 30.7. The van der Waals surface area contributed by atoms with Gasteiger partial charge < -0.3 is 5.73 Å². The molecule has 10 heteroatoms. The number of halogens is 2. The molecule has 4 aromatic rings. The van der Waals surface area contributed by atoms with Crippen molar-refractivity contribution >= 4 is 5.91 Å². The van der Waals surface area contributed by atoms with Gasteiger partial charge in [0.25, 0.3) is 0 Å². The fraction of sp³-hybridized carbons (Fsp3) is 0.333. The van der Waals surface area contributed by atoms with Crippen molar-refractivity contribution in [2.45, 2.75) is 51.0 Å². The van der Waals surface area contributed by atoms with Crippen molar-refractivity contribution in [1.82, 2.24) is 29.9 Å². The number of carbonyl (C=O) groups excluding carboxylic acids is 1. The van der Waals surface area contributed by atoms with E-state index in [-0.39, 0.29) is 29.0 Å². The monoisotopic (exact) mass is 501 g/mol. The first-order chi connectivity index (χ1) is 17.7. The third kappa shape index (κ3) is 3.38. The van der Waals surface area contributed by atoms with Gasteiger partial charge in [0.15, 0.2) is 0 Å². The van der Waals surface area contributed by atoms with Crippen LogP contribution in [0.2, 0.25) is 0 Å². The van der Waals surface area contributed by atoms with Crippen LogP contribution in [0.4, 0.5) is 8.78 Å². The predicted octanol–water partition coefficient (Wildman–Crippen LogP) is 4.15. The molecule has 0 unspecified atom stereocenters. The maximum Gasteiger partial charge on any atom is 0.219 e. The van der Waals surface area contributed by atoms with E-state index in [0.717, 1.165) is 35.4 Å². The zero-order valence-corrected chi connectivity index (χ0v) is 20.4.